The van der Waals surface area contributed by atoms with Crippen LogP contribution in [-0.4, -0.2) is 29.9 Å². The molecule has 0 aliphatic carbocycles. The standard InChI is InChI=1S/C13H17NO5/c1-9(15)12-6-11(14(16)17)2-3-13(12)19-8-10-4-5-18-7-10/h2-3,6,9-10,15H,4-5,7-8H2,1H3/t9-,10?/m0/s1. The van der Waals surface area contributed by atoms with E-state index >= 15 is 0 Å². The first-order valence-corrected chi connectivity index (χ1v) is 6.25. The van der Waals surface area contributed by atoms with Crippen LogP contribution in [-0.2, 0) is 4.74 Å². The van der Waals surface area contributed by atoms with E-state index in [0.29, 0.717) is 30.4 Å². The highest BCUT2D eigenvalue weighted by atomic mass is 16.6. The van der Waals surface area contributed by atoms with E-state index in [9.17, 15) is 15.2 Å². The van der Waals surface area contributed by atoms with Crippen LogP contribution in [0.2, 0.25) is 0 Å². The summed E-state index contributed by atoms with van der Waals surface area (Å²) in [5.74, 6) is 0.838. The van der Waals surface area contributed by atoms with Gasteiger partial charge in [-0.15, -0.1) is 0 Å². The Bertz CT molecular complexity index is 454. The van der Waals surface area contributed by atoms with Crippen molar-refractivity contribution < 1.29 is 19.5 Å². The second kappa shape index (κ2) is 5.99. The summed E-state index contributed by atoms with van der Waals surface area (Å²) in [6.07, 6.45) is 0.145. The molecule has 104 valence electrons. The predicted molar refractivity (Wildman–Crippen MR) is 68.2 cm³/mol. The number of non-ortho nitro benzene ring substituents is 1. The molecule has 1 N–H and O–H groups in total. The van der Waals surface area contributed by atoms with Gasteiger partial charge < -0.3 is 14.6 Å². The molecule has 6 nitrogen and oxygen atoms in total. The lowest BCUT2D eigenvalue weighted by atomic mass is 10.1. The summed E-state index contributed by atoms with van der Waals surface area (Å²) < 4.78 is 10.9. The maximum absolute atomic E-state index is 10.7. The highest BCUT2D eigenvalue weighted by Crippen LogP contribution is 2.30. The Labute approximate surface area is 111 Å². The van der Waals surface area contributed by atoms with Gasteiger partial charge in [-0.05, 0) is 19.4 Å². The molecule has 1 saturated heterocycles. The Morgan fingerprint density at radius 2 is 2.42 bits per heavy atom. The molecule has 0 radical (unpaired) electrons. The van der Waals surface area contributed by atoms with Crippen molar-refractivity contribution in [1.29, 1.82) is 0 Å². The van der Waals surface area contributed by atoms with Crippen LogP contribution in [0.5, 0.6) is 5.75 Å². The van der Waals surface area contributed by atoms with Crippen LogP contribution in [0.4, 0.5) is 5.69 Å². The van der Waals surface area contributed by atoms with E-state index in [1.807, 2.05) is 0 Å². The third kappa shape index (κ3) is 3.42. The largest absolute Gasteiger partial charge is 0.493 e. The van der Waals surface area contributed by atoms with Gasteiger partial charge in [-0.25, -0.2) is 0 Å². The van der Waals surface area contributed by atoms with Crippen molar-refractivity contribution in [2.45, 2.75) is 19.4 Å². The predicted octanol–water partition coefficient (Wildman–Crippen LogP) is 2.06. The Kier molecular flexibility index (Phi) is 4.34. The van der Waals surface area contributed by atoms with Gasteiger partial charge in [-0.1, -0.05) is 0 Å². The summed E-state index contributed by atoms with van der Waals surface area (Å²) in [7, 11) is 0. The zero-order valence-corrected chi connectivity index (χ0v) is 10.7. The molecule has 1 aromatic rings. The van der Waals surface area contributed by atoms with Crippen LogP contribution in [0.25, 0.3) is 0 Å². The van der Waals surface area contributed by atoms with E-state index in [0.717, 1.165) is 13.0 Å². The van der Waals surface area contributed by atoms with E-state index in [1.54, 1.807) is 6.92 Å². The van der Waals surface area contributed by atoms with Crippen molar-refractivity contribution in [3.05, 3.63) is 33.9 Å². The van der Waals surface area contributed by atoms with Crippen LogP contribution in [0.15, 0.2) is 18.2 Å². The van der Waals surface area contributed by atoms with Gasteiger partial charge in [0, 0.05) is 30.2 Å². The molecule has 0 saturated carbocycles. The van der Waals surface area contributed by atoms with Crippen LogP contribution in [0.1, 0.15) is 25.0 Å². The number of benzene rings is 1. The van der Waals surface area contributed by atoms with E-state index in [2.05, 4.69) is 0 Å². The molecule has 0 bridgehead atoms. The zero-order chi connectivity index (χ0) is 13.8. The topological polar surface area (TPSA) is 81.8 Å². The highest BCUT2D eigenvalue weighted by molar-refractivity contribution is 5.44. The Hall–Kier alpha value is -1.66. The van der Waals surface area contributed by atoms with Crippen molar-refractivity contribution in [2.24, 2.45) is 5.92 Å². The average Bonchev–Trinajstić information content (AvgIpc) is 2.89. The number of hydrogen-bond acceptors (Lipinski definition) is 5. The number of aliphatic hydroxyl groups excluding tert-OH is 1. The molecule has 19 heavy (non-hydrogen) atoms. The number of aliphatic hydroxyl groups is 1. The molecule has 2 rings (SSSR count). The number of hydrogen-bond donors (Lipinski definition) is 1. The quantitative estimate of drug-likeness (QED) is 0.652. The minimum absolute atomic E-state index is 0.0487. The third-order valence-corrected chi connectivity index (χ3v) is 3.15. The molecular weight excluding hydrogens is 250 g/mol. The van der Waals surface area contributed by atoms with Gasteiger partial charge in [0.2, 0.25) is 0 Å². The maximum Gasteiger partial charge on any atom is 0.270 e. The van der Waals surface area contributed by atoms with Crippen molar-refractivity contribution in [2.75, 3.05) is 19.8 Å². The third-order valence-electron chi connectivity index (χ3n) is 3.15. The first-order valence-electron chi connectivity index (χ1n) is 6.25. The summed E-state index contributed by atoms with van der Waals surface area (Å²) in [6, 6.07) is 4.27. The molecule has 1 heterocycles. The first kappa shape index (κ1) is 13.8. The number of nitrogens with zero attached hydrogens (tertiary/aromatic N) is 1. The van der Waals surface area contributed by atoms with Crippen LogP contribution < -0.4 is 4.74 Å². The fourth-order valence-corrected chi connectivity index (χ4v) is 2.03. The van der Waals surface area contributed by atoms with Crippen molar-refractivity contribution in [1.82, 2.24) is 0 Å². The Balaban J connectivity index is 2.11. The summed E-state index contributed by atoms with van der Waals surface area (Å²) >= 11 is 0. The molecule has 1 unspecified atom stereocenters. The summed E-state index contributed by atoms with van der Waals surface area (Å²) in [5.41, 5.74) is 0.389. The normalized spacial score (nSPS) is 20.2. The molecule has 0 spiro atoms. The van der Waals surface area contributed by atoms with E-state index < -0.39 is 11.0 Å². The van der Waals surface area contributed by atoms with E-state index in [4.69, 9.17) is 9.47 Å². The van der Waals surface area contributed by atoms with Gasteiger partial charge in [-0.2, -0.15) is 0 Å². The molecule has 1 aliphatic rings. The lowest BCUT2D eigenvalue weighted by Gasteiger charge is -2.15. The summed E-state index contributed by atoms with van der Waals surface area (Å²) in [6.45, 7) is 3.48. The summed E-state index contributed by atoms with van der Waals surface area (Å²) in [5, 5.41) is 20.4. The van der Waals surface area contributed by atoms with Gasteiger partial charge in [0.25, 0.3) is 5.69 Å². The minimum Gasteiger partial charge on any atom is -0.493 e. The molecule has 0 amide bonds. The first-order chi connectivity index (χ1) is 9.08. The van der Waals surface area contributed by atoms with Gasteiger partial charge >= 0.3 is 0 Å². The maximum atomic E-state index is 10.7. The second-order valence-electron chi connectivity index (χ2n) is 4.70. The Morgan fingerprint density at radius 1 is 1.63 bits per heavy atom. The van der Waals surface area contributed by atoms with Crippen molar-refractivity contribution in [3.8, 4) is 5.75 Å². The van der Waals surface area contributed by atoms with Gasteiger partial charge in [0.1, 0.15) is 5.75 Å². The van der Waals surface area contributed by atoms with E-state index in [-0.39, 0.29) is 5.69 Å². The average molecular weight is 267 g/mol. The molecule has 2 atom stereocenters. The molecule has 1 aromatic carbocycles. The van der Waals surface area contributed by atoms with Gasteiger partial charge in [-0.3, -0.25) is 10.1 Å². The number of rotatable bonds is 5. The van der Waals surface area contributed by atoms with Gasteiger partial charge in [0.05, 0.1) is 24.2 Å². The molecule has 6 heteroatoms. The minimum atomic E-state index is -0.810. The van der Waals surface area contributed by atoms with Gasteiger partial charge in [0.15, 0.2) is 0 Å². The van der Waals surface area contributed by atoms with Crippen molar-refractivity contribution >= 4 is 5.69 Å². The SMILES string of the molecule is C[C@H](O)c1cc([N+](=O)[O-])ccc1OCC1CCOC1. The smallest absolute Gasteiger partial charge is 0.270 e. The molecule has 1 fully saturated rings. The fourth-order valence-electron chi connectivity index (χ4n) is 2.03. The molecule has 1 aliphatic heterocycles. The lowest BCUT2D eigenvalue weighted by Crippen LogP contribution is -2.13. The van der Waals surface area contributed by atoms with Crippen LogP contribution in [0.3, 0.4) is 0 Å². The monoisotopic (exact) mass is 267 g/mol. The number of ether oxygens (including phenoxy) is 2. The Morgan fingerprint density at radius 3 is 3.00 bits per heavy atom. The summed E-state index contributed by atoms with van der Waals surface area (Å²) in [4.78, 5) is 10.2. The highest BCUT2D eigenvalue weighted by Gasteiger charge is 2.19. The number of nitro groups is 1. The second-order valence-corrected chi connectivity index (χ2v) is 4.70. The lowest BCUT2D eigenvalue weighted by molar-refractivity contribution is -0.385. The van der Waals surface area contributed by atoms with Crippen molar-refractivity contribution in [3.63, 3.8) is 0 Å². The molecular formula is C13H17NO5. The zero-order valence-electron chi connectivity index (χ0n) is 10.7. The fraction of sp³-hybridized carbons (Fsp3) is 0.538. The van der Waals surface area contributed by atoms with Crippen LogP contribution >= 0.6 is 0 Å². The van der Waals surface area contributed by atoms with Crippen LogP contribution in [0, 0.1) is 16.0 Å². The molecule has 0 aromatic heterocycles. The van der Waals surface area contributed by atoms with E-state index in [1.165, 1.54) is 18.2 Å². The number of nitro benzene ring substituents is 1.